The molecule has 20 heavy (non-hydrogen) atoms. The van der Waals surface area contributed by atoms with Gasteiger partial charge in [-0.25, -0.2) is 0 Å². The highest BCUT2D eigenvalue weighted by Crippen LogP contribution is 2.29. The van der Waals surface area contributed by atoms with Crippen molar-refractivity contribution in [3.05, 3.63) is 24.0 Å². The van der Waals surface area contributed by atoms with E-state index in [1.54, 1.807) is 12.1 Å². The first-order valence-corrected chi connectivity index (χ1v) is 6.57. The van der Waals surface area contributed by atoms with Crippen molar-refractivity contribution < 1.29 is 14.4 Å². The van der Waals surface area contributed by atoms with Gasteiger partial charge in [0.25, 0.3) is 5.89 Å². The van der Waals surface area contributed by atoms with Gasteiger partial charge in [0.1, 0.15) is 11.9 Å². The summed E-state index contributed by atoms with van der Waals surface area (Å²) in [7, 11) is 0. The molecule has 0 saturated carbocycles. The van der Waals surface area contributed by atoms with Crippen LogP contribution in [0.5, 0.6) is 5.75 Å². The van der Waals surface area contributed by atoms with Crippen molar-refractivity contribution in [2.45, 2.75) is 26.9 Å². The minimum atomic E-state index is -0.208. The summed E-state index contributed by atoms with van der Waals surface area (Å²) in [6, 6.07) is 4.81. The molecule has 0 aliphatic heterocycles. The number of ether oxygens (including phenoxy) is 1. The maximum Gasteiger partial charge on any atom is 0.258 e. The third kappa shape index (κ3) is 2.91. The number of nitrogens with two attached hydrogens (primary N) is 1. The zero-order valence-corrected chi connectivity index (χ0v) is 11.8. The molecule has 0 bridgehead atoms. The van der Waals surface area contributed by atoms with E-state index in [0.29, 0.717) is 29.6 Å². The van der Waals surface area contributed by atoms with Crippen LogP contribution in [-0.2, 0) is 4.74 Å². The molecule has 1 heterocycles. The highest BCUT2D eigenvalue weighted by molar-refractivity contribution is 5.63. The van der Waals surface area contributed by atoms with Crippen molar-refractivity contribution in [2.75, 3.05) is 12.3 Å². The number of benzene rings is 1. The Morgan fingerprint density at radius 2 is 2.15 bits per heavy atom. The summed E-state index contributed by atoms with van der Waals surface area (Å²) in [6.45, 7) is 6.57. The second kappa shape index (κ2) is 5.92. The summed E-state index contributed by atoms with van der Waals surface area (Å²) in [5.41, 5.74) is 6.49. The molecule has 6 nitrogen and oxygen atoms in total. The van der Waals surface area contributed by atoms with Crippen molar-refractivity contribution in [1.82, 2.24) is 10.1 Å². The van der Waals surface area contributed by atoms with Gasteiger partial charge in [0.05, 0.1) is 5.69 Å². The average Bonchev–Trinajstić information content (AvgIpc) is 2.88. The quantitative estimate of drug-likeness (QED) is 0.644. The second-order valence-corrected chi connectivity index (χ2v) is 4.85. The first kappa shape index (κ1) is 14.3. The van der Waals surface area contributed by atoms with Gasteiger partial charge < -0.3 is 20.1 Å². The minimum Gasteiger partial charge on any atom is -0.506 e. The van der Waals surface area contributed by atoms with Crippen molar-refractivity contribution in [3.63, 3.8) is 0 Å². The summed E-state index contributed by atoms with van der Waals surface area (Å²) in [5, 5.41) is 13.6. The minimum absolute atomic E-state index is 0.00697. The normalized spacial score (nSPS) is 12.8. The molecule has 1 unspecified atom stereocenters. The fourth-order valence-corrected chi connectivity index (χ4v) is 1.89. The van der Waals surface area contributed by atoms with Crippen LogP contribution in [0.4, 0.5) is 5.69 Å². The molecule has 108 valence electrons. The van der Waals surface area contributed by atoms with Crippen LogP contribution in [0.1, 0.15) is 32.7 Å². The molecule has 6 heteroatoms. The Kier molecular flexibility index (Phi) is 4.24. The third-order valence-electron chi connectivity index (χ3n) is 2.93. The van der Waals surface area contributed by atoms with Crippen molar-refractivity contribution in [2.24, 2.45) is 5.92 Å². The van der Waals surface area contributed by atoms with Gasteiger partial charge >= 0.3 is 0 Å². The summed E-state index contributed by atoms with van der Waals surface area (Å²) in [5.74, 6) is 1.07. The lowest BCUT2D eigenvalue weighted by atomic mass is 10.1. The van der Waals surface area contributed by atoms with Gasteiger partial charge in [-0.3, -0.25) is 0 Å². The lowest BCUT2D eigenvalue weighted by Gasteiger charge is -2.16. The molecule has 2 rings (SSSR count). The Morgan fingerprint density at radius 1 is 1.40 bits per heavy atom. The summed E-state index contributed by atoms with van der Waals surface area (Å²) in [6.07, 6.45) is -0.208. The number of nitrogens with zero attached hydrogens (tertiary/aromatic N) is 2. The number of aromatic nitrogens is 2. The van der Waals surface area contributed by atoms with Crippen LogP contribution in [0, 0.1) is 5.92 Å². The van der Waals surface area contributed by atoms with Gasteiger partial charge in [-0.05, 0) is 31.0 Å². The van der Waals surface area contributed by atoms with E-state index in [1.807, 2.05) is 20.8 Å². The molecule has 3 N–H and O–H groups in total. The Bertz CT molecular complexity index is 581. The van der Waals surface area contributed by atoms with E-state index in [0.717, 1.165) is 0 Å². The number of rotatable bonds is 5. The monoisotopic (exact) mass is 277 g/mol. The van der Waals surface area contributed by atoms with Crippen LogP contribution < -0.4 is 5.73 Å². The Hall–Kier alpha value is -2.08. The Morgan fingerprint density at radius 3 is 2.75 bits per heavy atom. The predicted molar refractivity (Wildman–Crippen MR) is 75.0 cm³/mol. The number of phenols is 1. The van der Waals surface area contributed by atoms with E-state index in [-0.39, 0.29) is 17.8 Å². The second-order valence-electron chi connectivity index (χ2n) is 4.85. The molecule has 0 aliphatic rings. The SMILES string of the molecule is CCOC(c1noc(-c2ccc(N)c(O)c2)n1)C(C)C. The maximum atomic E-state index is 9.61. The predicted octanol–water partition coefficient (Wildman–Crippen LogP) is 2.76. The van der Waals surface area contributed by atoms with Crippen LogP contribution in [0.3, 0.4) is 0 Å². The van der Waals surface area contributed by atoms with Crippen LogP contribution in [-0.4, -0.2) is 21.9 Å². The number of hydrogen-bond donors (Lipinski definition) is 2. The number of nitrogen functional groups attached to an aromatic ring is 1. The number of phenolic OH excluding ortho intramolecular Hbond substituents is 1. The topological polar surface area (TPSA) is 94.4 Å². The van der Waals surface area contributed by atoms with Gasteiger partial charge in [-0.15, -0.1) is 0 Å². The number of anilines is 1. The van der Waals surface area contributed by atoms with Gasteiger partial charge in [0.15, 0.2) is 0 Å². The molecule has 1 aromatic heterocycles. The first-order chi connectivity index (χ1) is 9.52. The summed E-state index contributed by atoms with van der Waals surface area (Å²) < 4.78 is 10.9. The fraction of sp³-hybridized carbons (Fsp3) is 0.429. The van der Waals surface area contributed by atoms with E-state index in [4.69, 9.17) is 15.0 Å². The molecule has 0 spiro atoms. The summed E-state index contributed by atoms with van der Waals surface area (Å²) in [4.78, 5) is 4.34. The van der Waals surface area contributed by atoms with Crippen molar-refractivity contribution in [3.8, 4) is 17.2 Å². The number of aromatic hydroxyl groups is 1. The zero-order valence-electron chi connectivity index (χ0n) is 11.8. The van der Waals surface area contributed by atoms with Gasteiger partial charge in [0, 0.05) is 12.2 Å². The number of hydrogen-bond acceptors (Lipinski definition) is 6. The van der Waals surface area contributed by atoms with Crippen LogP contribution in [0.2, 0.25) is 0 Å². The molecular formula is C14H19N3O3. The van der Waals surface area contributed by atoms with E-state index >= 15 is 0 Å². The molecule has 0 aliphatic carbocycles. The van der Waals surface area contributed by atoms with E-state index in [1.165, 1.54) is 6.07 Å². The molecule has 0 radical (unpaired) electrons. The molecule has 0 amide bonds. The first-order valence-electron chi connectivity index (χ1n) is 6.57. The summed E-state index contributed by atoms with van der Waals surface area (Å²) >= 11 is 0. The fourth-order valence-electron chi connectivity index (χ4n) is 1.89. The molecule has 1 aromatic carbocycles. The molecule has 2 aromatic rings. The van der Waals surface area contributed by atoms with Gasteiger partial charge in [0.2, 0.25) is 5.82 Å². The standard InChI is InChI=1S/C14H19N3O3/c1-4-19-12(8(2)3)13-16-14(20-17-13)9-5-6-10(15)11(18)7-9/h5-8,12,18H,4,15H2,1-3H3. The van der Waals surface area contributed by atoms with E-state index in [9.17, 15) is 5.11 Å². The molecule has 0 fully saturated rings. The van der Waals surface area contributed by atoms with E-state index in [2.05, 4.69) is 10.1 Å². The highest BCUT2D eigenvalue weighted by Gasteiger charge is 2.22. The van der Waals surface area contributed by atoms with Crippen molar-refractivity contribution >= 4 is 5.69 Å². The Balaban J connectivity index is 2.29. The average molecular weight is 277 g/mol. The Labute approximate surface area is 117 Å². The van der Waals surface area contributed by atoms with Crippen LogP contribution in [0.15, 0.2) is 22.7 Å². The maximum absolute atomic E-state index is 9.61. The lowest BCUT2D eigenvalue weighted by Crippen LogP contribution is -2.12. The van der Waals surface area contributed by atoms with Gasteiger partial charge in [-0.1, -0.05) is 19.0 Å². The van der Waals surface area contributed by atoms with E-state index < -0.39 is 0 Å². The third-order valence-corrected chi connectivity index (χ3v) is 2.93. The highest BCUT2D eigenvalue weighted by atomic mass is 16.5. The largest absolute Gasteiger partial charge is 0.506 e. The van der Waals surface area contributed by atoms with Crippen molar-refractivity contribution in [1.29, 1.82) is 0 Å². The molecular weight excluding hydrogens is 258 g/mol. The smallest absolute Gasteiger partial charge is 0.258 e. The lowest BCUT2D eigenvalue weighted by molar-refractivity contribution is 0.0217. The molecule has 0 saturated heterocycles. The zero-order chi connectivity index (χ0) is 14.7. The van der Waals surface area contributed by atoms with Crippen LogP contribution >= 0.6 is 0 Å². The van der Waals surface area contributed by atoms with Gasteiger partial charge in [-0.2, -0.15) is 4.98 Å². The molecule has 1 atom stereocenters. The van der Waals surface area contributed by atoms with Crippen LogP contribution in [0.25, 0.3) is 11.5 Å².